The van der Waals surface area contributed by atoms with E-state index in [-0.39, 0.29) is 5.82 Å². The molecule has 0 saturated carbocycles. The molecule has 0 amide bonds. The highest BCUT2D eigenvalue weighted by Gasteiger charge is 2.08. The number of hydrogen-bond acceptors (Lipinski definition) is 7. The molecule has 0 radical (unpaired) electrons. The largest absolute Gasteiger partial charge is 0.385 e. The molecule has 1 aromatic heterocycles. The highest BCUT2D eigenvalue weighted by atomic mass is 35.5. The number of benzene rings is 2. The Morgan fingerprint density at radius 1 is 1.06 bits per heavy atom. The minimum atomic E-state index is -0.321. The number of aromatic nitrogens is 1. The minimum absolute atomic E-state index is 0.321. The topological polar surface area (TPSA) is 61.0 Å². The van der Waals surface area contributed by atoms with E-state index in [2.05, 4.69) is 32.6 Å². The fraction of sp³-hybridized carbons (Fsp3) is 0.286. The summed E-state index contributed by atoms with van der Waals surface area (Å²) in [6.45, 7) is 5.32. The standard InChI is InChI=1S/C21H24Cl2FN5S2/c1-2-25-8-3-9-26-19-10-15(22)5-4-14(19)12-27-18-7-6-16(11-17(18)24)31-29-21-28-13-20(23)30-21/h4-7,10-11,13,25-27H,2-3,8-9,12H2,1H3,(H,28,29). The van der Waals surface area contributed by atoms with E-state index in [1.165, 1.54) is 29.4 Å². The predicted octanol–water partition coefficient (Wildman–Crippen LogP) is 6.73. The lowest BCUT2D eigenvalue weighted by atomic mass is 10.1. The SMILES string of the molecule is CCNCCCNc1cc(Cl)ccc1CNc1ccc(SNc2ncc(Cl)s2)cc1F. The molecule has 0 atom stereocenters. The Morgan fingerprint density at radius 2 is 1.94 bits per heavy atom. The summed E-state index contributed by atoms with van der Waals surface area (Å²) in [4.78, 5) is 4.85. The van der Waals surface area contributed by atoms with Crippen molar-refractivity contribution in [1.29, 1.82) is 0 Å². The van der Waals surface area contributed by atoms with Crippen LogP contribution in [-0.4, -0.2) is 24.6 Å². The molecule has 31 heavy (non-hydrogen) atoms. The molecule has 4 N–H and O–H groups in total. The van der Waals surface area contributed by atoms with Crippen molar-refractivity contribution >= 4 is 63.0 Å². The number of hydrogen-bond donors (Lipinski definition) is 4. The fourth-order valence-corrected chi connectivity index (χ4v) is 4.46. The van der Waals surface area contributed by atoms with Gasteiger partial charge in [-0.05, 0) is 67.4 Å². The van der Waals surface area contributed by atoms with Gasteiger partial charge >= 0.3 is 0 Å². The highest BCUT2D eigenvalue weighted by molar-refractivity contribution is 8.00. The molecule has 166 valence electrons. The Kier molecular flexibility index (Phi) is 9.54. The second kappa shape index (κ2) is 12.4. The van der Waals surface area contributed by atoms with Crippen LogP contribution in [0.2, 0.25) is 9.36 Å². The second-order valence-corrected chi connectivity index (χ2v) is 9.58. The smallest absolute Gasteiger partial charge is 0.194 e. The fourth-order valence-electron chi connectivity index (χ4n) is 2.78. The van der Waals surface area contributed by atoms with E-state index in [9.17, 15) is 4.39 Å². The third-order valence-electron chi connectivity index (χ3n) is 4.31. The molecule has 0 fully saturated rings. The molecule has 0 aliphatic rings. The van der Waals surface area contributed by atoms with Gasteiger partial charge in [-0.1, -0.05) is 47.5 Å². The lowest BCUT2D eigenvalue weighted by Crippen LogP contribution is -2.17. The lowest BCUT2D eigenvalue weighted by Gasteiger charge is -2.15. The first-order chi connectivity index (χ1) is 15.0. The van der Waals surface area contributed by atoms with E-state index in [0.717, 1.165) is 42.2 Å². The number of nitrogens with one attached hydrogen (secondary N) is 4. The van der Waals surface area contributed by atoms with Crippen LogP contribution in [-0.2, 0) is 6.54 Å². The summed E-state index contributed by atoms with van der Waals surface area (Å²) < 4.78 is 18.2. The van der Waals surface area contributed by atoms with Crippen molar-refractivity contribution in [2.45, 2.75) is 24.8 Å². The van der Waals surface area contributed by atoms with Gasteiger partial charge in [0.05, 0.1) is 11.9 Å². The van der Waals surface area contributed by atoms with Crippen LogP contribution in [0, 0.1) is 5.82 Å². The van der Waals surface area contributed by atoms with Crippen molar-refractivity contribution in [1.82, 2.24) is 10.3 Å². The van der Waals surface area contributed by atoms with Crippen LogP contribution in [0.3, 0.4) is 0 Å². The molecule has 3 rings (SSSR count). The van der Waals surface area contributed by atoms with Gasteiger partial charge in [0.2, 0.25) is 0 Å². The molecule has 1 heterocycles. The van der Waals surface area contributed by atoms with E-state index in [0.29, 0.717) is 26.7 Å². The molecular weight excluding hydrogens is 476 g/mol. The van der Waals surface area contributed by atoms with Gasteiger partial charge in [0.15, 0.2) is 5.13 Å². The summed E-state index contributed by atoms with van der Waals surface area (Å²) in [6.07, 6.45) is 2.58. The van der Waals surface area contributed by atoms with Gasteiger partial charge < -0.3 is 20.7 Å². The van der Waals surface area contributed by atoms with Gasteiger partial charge in [-0.25, -0.2) is 9.37 Å². The highest BCUT2D eigenvalue weighted by Crippen LogP contribution is 2.29. The van der Waals surface area contributed by atoms with Gasteiger partial charge in [0.25, 0.3) is 0 Å². The molecule has 3 aromatic rings. The zero-order valence-electron chi connectivity index (χ0n) is 17.0. The predicted molar refractivity (Wildman–Crippen MR) is 133 cm³/mol. The van der Waals surface area contributed by atoms with Gasteiger partial charge in [0.1, 0.15) is 10.2 Å². The first-order valence-electron chi connectivity index (χ1n) is 9.85. The Morgan fingerprint density at radius 3 is 2.68 bits per heavy atom. The molecule has 0 aliphatic carbocycles. The average Bonchev–Trinajstić information content (AvgIpc) is 3.17. The number of rotatable bonds is 12. The molecule has 2 aromatic carbocycles. The Hall–Kier alpha value is -1.71. The van der Waals surface area contributed by atoms with E-state index in [4.69, 9.17) is 23.2 Å². The normalized spacial score (nSPS) is 10.8. The molecule has 0 spiro atoms. The van der Waals surface area contributed by atoms with Gasteiger partial charge in [-0.2, -0.15) is 0 Å². The zero-order chi connectivity index (χ0) is 22.1. The quantitative estimate of drug-likeness (QED) is 0.163. The van der Waals surface area contributed by atoms with Crippen LogP contribution in [0.25, 0.3) is 0 Å². The average molecular weight is 500 g/mol. The maximum absolute atomic E-state index is 14.6. The third kappa shape index (κ3) is 7.73. The third-order valence-corrected chi connectivity index (χ3v) is 6.49. The number of thiazole rings is 1. The van der Waals surface area contributed by atoms with Crippen molar-refractivity contribution < 1.29 is 4.39 Å². The summed E-state index contributed by atoms with van der Waals surface area (Å²) in [5.74, 6) is -0.321. The Labute approximate surface area is 200 Å². The molecule has 0 bridgehead atoms. The Bertz CT molecular complexity index is 986. The second-order valence-electron chi connectivity index (χ2n) is 6.60. The molecule has 10 heteroatoms. The Balaban J connectivity index is 1.56. The van der Waals surface area contributed by atoms with Crippen LogP contribution >= 0.6 is 46.5 Å². The summed E-state index contributed by atoms with van der Waals surface area (Å²) in [6, 6.07) is 10.8. The van der Waals surface area contributed by atoms with Gasteiger partial charge in [0, 0.05) is 28.7 Å². The first-order valence-corrected chi connectivity index (χ1v) is 12.2. The zero-order valence-corrected chi connectivity index (χ0v) is 20.1. The van der Waals surface area contributed by atoms with Crippen LogP contribution in [0.5, 0.6) is 0 Å². The summed E-state index contributed by atoms with van der Waals surface area (Å²) >= 11 is 14.6. The van der Waals surface area contributed by atoms with E-state index in [1.54, 1.807) is 12.3 Å². The van der Waals surface area contributed by atoms with Gasteiger partial charge in [-0.3, -0.25) is 0 Å². The van der Waals surface area contributed by atoms with Crippen LogP contribution in [0.15, 0.2) is 47.5 Å². The first kappa shape index (κ1) is 23.9. The van der Waals surface area contributed by atoms with E-state index >= 15 is 0 Å². The minimum Gasteiger partial charge on any atom is -0.385 e. The number of halogens is 3. The van der Waals surface area contributed by atoms with Crippen molar-refractivity contribution in [3.8, 4) is 0 Å². The molecule has 0 aliphatic heterocycles. The van der Waals surface area contributed by atoms with E-state index in [1.807, 2.05) is 24.3 Å². The van der Waals surface area contributed by atoms with E-state index < -0.39 is 0 Å². The molecule has 0 saturated heterocycles. The van der Waals surface area contributed by atoms with Crippen LogP contribution in [0.1, 0.15) is 18.9 Å². The molecular formula is C21H24Cl2FN5S2. The van der Waals surface area contributed by atoms with Crippen molar-refractivity contribution in [3.05, 3.63) is 63.3 Å². The monoisotopic (exact) mass is 499 g/mol. The molecule has 0 unspecified atom stereocenters. The van der Waals surface area contributed by atoms with Crippen molar-refractivity contribution in [2.75, 3.05) is 35.0 Å². The van der Waals surface area contributed by atoms with Crippen molar-refractivity contribution in [2.24, 2.45) is 0 Å². The lowest BCUT2D eigenvalue weighted by molar-refractivity contribution is 0.626. The van der Waals surface area contributed by atoms with Crippen LogP contribution in [0.4, 0.5) is 20.9 Å². The van der Waals surface area contributed by atoms with Crippen molar-refractivity contribution in [3.63, 3.8) is 0 Å². The molecule has 5 nitrogen and oxygen atoms in total. The van der Waals surface area contributed by atoms with Crippen LogP contribution < -0.4 is 20.7 Å². The maximum Gasteiger partial charge on any atom is 0.194 e. The summed E-state index contributed by atoms with van der Waals surface area (Å²) in [7, 11) is 0. The van der Waals surface area contributed by atoms with Gasteiger partial charge in [-0.15, -0.1) is 0 Å². The summed E-state index contributed by atoms with van der Waals surface area (Å²) in [5, 5.41) is 11.2. The maximum atomic E-state index is 14.6. The number of anilines is 3. The number of nitrogens with zero attached hydrogens (tertiary/aromatic N) is 1. The summed E-state index contributed by atoms with van der Waals surface area (Å²) in [5.41, 5.74) is 2.41.